The Kier molecular flexibility index (Phi) is 5.97. The lowest BCUT2D eigenvalue weighted by molar-refractivity contribution is -0.133. The summed E-state index contributed by atoms with van der Waals surface area (Å²) in [5.74, 6) is -2.08. The Hall–Kier alpha value is -2.62. The maximum absolute atomic E-state index is 11.0. The summed E-state index contributed by atoms with van der Waals surface area (Å²) in [5, 5.41) is 17.7. The minimum absolute atomic E-state index is 0.224. The molecule has 0 fully saturated rings. The smallest absolute Gasteiger partial charge is 0.331 e. The standard InChI is InChI=1S/C16H16O4/c1-2-14(16(19)20)11-13(8-9-15(17)18)10-12-6-4-3-5-7-12/h3-11H,2H2,1H3,(H,17,18)(H,19,20). The first-order valence-electron chi connectivity index (χ1n) is 6.14. The Bertz CT molecular complexity index is 565. The SMILES string of the molecule is CCC(=CC(C=CC(=O)O)=Cc1ccccc1)C(=O)O. The third-order valence-electron chi connectivity index (χ3n) is 2.55. The van der Waals surface area contributed by atoms with Crippen LogP contribution in [0.1, 0.15) is 18.9 Å². The van der Waals surface area contributed by atoms with E-state index in [1.54, 1.807) is 13.0 Å². The molecule has 0 amide bonds. The molecule has 4 heteroatoms. The van der Waals surface area contributed by atoms with Crippen LogP contribution >= 0.6 is 0 Å². The van der Waals surface area contributed by atoms with E-state index in [1.165, 1.54) is 12.2 Å². The van der Waals surface area contributed by atoms with E-state index in [-0.39, 0.29) is 5.57 Å². The molecule has 0 spiro atoms. The van der Waals surface area contributed by atoms with E-state index >= 15 is 0 Å². The summed E-state index contributed by atoms with van der Waals surface area (Å²) < 4.78 is 0. The summed E-state index contributed by atoms with van der Waals surface area (Å²) in [6, 6.07) is 9.29. The normalized spacial score (nSPS) is 12.7. The lowest BCUT2D eigenvalue weighted by atomic mass is 10.1. The van der Waals surface area contributed by atoms with Crippen LogP contribution in [0.5, 0.6) is 0 Å². The highest BCUT2D eigenvalue weighted by molar-refractivity contribution is 5.88. The zero-order valence-corrected chi connectivity index (χ0v) is 11.1. The van der Waals surface area contributed by atoms with Gasteiger partial charge in [-0.3, -0.25) is 0 Å². The topological polar surface area (TPSA) is 74.6 Å². The number of benzene rings is 1. The maximum Gasteiger partial charge on any atom is 0.331 e. The number of carboxylic acids is 2. The van der Waals surface area contributed by atoms with Crippen LogP contribution in [0, 0.1) is 0 Å². The summed E-state index contributed by atoms with van der Waals surface area (Å²) >= 11 is 0. The van der Waals surface area contributed by atoms with Crippen molar-refractivity contribution < 1.29 is 19.8 Å². The van der Waals surface area contributed by atoms with Gasteiger partial charge in [0.05, 0.1) is 0 Å². The molecule has 1 aromatic rings. The van der Waals surface area contributed by atoms with E-state index in [4.69, 9.17) is 10.2 Å². The van der Waals surface area contributed by atoms with Gasteiger partial charge in [-0.05, 0) is 35.8 Å². The monoisotopic (exact) mass is 272 g/mol. The van der Waals surface area contributed by atoms with Crippen LogP contribution in [0.3, 0.4) is 0 Å². The van der Waals surface area contributed by atoms with Crippen LogP contribution in [0.2, 0.25) is 0 Å². The average Bonchev–Trinajstić information content (AvgIpc) is 2.42. The van der Waals surface area contributed by atoms with Crippen LogP contribution < -0.4 is 0 Å². The molecule has 0 radical (unpaired) electrons. The van der Waals surface area contributed by atoms with Crippen molar-refractivity contribution in [2.24, 2.45) is 0 Å². The van der Waals surface area contributed by atoms with Gasteiger partial charge in [0.15, 0.2) is 0 Å². The quantitative estimate of drug-likeness (QED) is 0.616. The van der Waals surface area contributed by atoms with E-state index < -0.39 is 11.9 Å². The fourth-order valence-corrected chi connectivity index (χ4v) is 1.56. The van der Waals surface area contributed by atoms with Gasteiger partial charge in [0.25, 0.3) is 0 Å². The Morgan fingerprint density at radius 3 is 2.25 bits per heavy atom. The zero-order valence-electron chi connectivity index (χ0n) is 11.1. The largest absolute Gasteiger partial charge is 0.478 e. The Balaban J connectivity index is 3.18. The minimum Gasteiger partial charge on any atom is -0.478 e. The number of aliphatic carboxylic acids is 2. The molecule has 0 heterocycles. The number of allylic oxidation sites excluding steroid dienone is 3. The summed E-state index contributed by atoms with van der Waals surface area (Å²) in [7, 11) is 0. The second kappa shape index (κ2) is 7.74. The highest BCUT2D eigenvalue weighted by Crippen LogP contribution is 2.13. The third-order valence-corrected chi connectivity index (χ3v) is 2.55. The van der Waals surface area contributed by atoms with Gasteiger partial charge < -0.3 is 10.2 Å². The van der Waals surface area contributed by atoms with Crippen LogP contribution in [-0.2, 0) is 9.59 Å². The van der Waals surface area contributed by atoms with Crippen molar-refractivity contribution in [1.82, 2.24) is 0 Å². The molecule has 1 aromatic carbocycles. The number of rotatable bonds is 6. The lowest BCUT2D eigenvalue weighted by Gasteiger charge is -2.00. The summed E-state index contributed by atoms with van der Waals surface area (Å²) in [6.45, 7) is 1.74. The molecule has 0 aliphatic rings. The van der Waals surface area contributed by atoms with E-state index in [1.807, 2.05) is 30.3 Å². The van der Waals surface area contributed by atoms with Gasteiger partial charge in [-0.2, -0.15) is 0 Å². The van der Waals surface area contributed by atoms with Gasteiger partial charge in [-0.25, -0.2) is 9.59 Å². The van der Waals surface area contributed by atoms with Crippen molar-refractivity contribution in [2.75, 3.05) is 0 Å². The maximum atomic E-state index is 11.0. The van der Waals surface area contributed by atoms with Gasteiger partial charge in [0.2, 0.25) is 0 Å². The molecule has 0 atom stereocenters. The van der Waals surface area contributed by atoms with Gasteiger partial charge in [0, 0.05) is 11.6 Å². The molecule has 0 unspecified atom stereocenters. The number of carbonyl (C=O) groups is 2. The Labute approximate surface area is 117 Å². The lowest BCUT2D eigenvalue weighted by Crippen LogP contribution is -1.99. The van der Waals surface area contributed by atoms with Crippen LogP contribution in [0.15, 0.2) is 59.7 Å². The number of hydrogen-bond acceptors (Lipinski definition) is 2. The number of hydrogen-bond donors (Lipinski definition) is 2. The second-order valence-corrected chi connectivity index (χ2v) is 4.05. The molecule has 0 aliphatic carbocycles. The van der Waals surface area contributed by atoms with Gasteiger partial charge in [-0.15, -0.1) is 0 Å². The predicted octanol–water partition coefficient (Wildman–Crippen LogP) is 3.13. The van der Waals surface area contributed by atoms with Crippen LogP contribution in [0.25, 0.3) is 6.08 Å². The zero-order chi connectivity index (χ0) is 15.0. The van der Waals surface area contributed by atoms with Crippen molar-refractivity contribution in [3.63, 3.8) is 0 Å². The highest BCUT2D eigenvalue weighted by atomic mass is 16.4. The van der Waals surface area contributed by atoms with E-state index in [0.717, 1.165) is 11.6 Å². The molecule has 1 rings (SSSR count). The molecule has 2 N–H and O–H groups in total. The van der Waals surface area contributed by atoms with E-state index in [0.29, 0.717) is 12.0 Å². The van der Waals surface area contributed by atoms with Gasteiger partial charge in [0.1, 0.15) is 0 Å². The molecule has 0 aromatic heterocycles. The molecule has 0 bridgehead atoms. The van der Waals surface area contributed by atoms with Crippen LogP contribution in [0.4, 0.5) is 0 Å². The first-order chi connectivity index (χ1) is 9.52. The molecule has 0 saturated heterocycles. The predicted molar refractivity (Wildman–Crippen MR) is 77.2 cm³/mol. The van der Waals surface area contributed by atoms with Crippen molar-refractivity contribution in [3.8, 4) is 0 Å². The van der Waals surface area contributed by atoms with Crippen LogP contribution in [-0.4, -0.2) is 22.2 Å². The Morgan fingerprint density at radius 2 is 1.75 bits per heavy atom. The first-order valence-corrected chi connectivity index (χ1v) is 6.14. The summed E-state index contributed by atoms with van der Waals surface area (Å²) in [6.07, 6.45) is 5.95. The fourth-order valence-electron chi connectivity index (χ4n) is 1.56. The average molecular weight is 272 g/mol. The fraction of sp³-hybridized carbons (Fsp3) is 0.125. The summed E-state index contributed by atoms with van der Waals surface area (Å²) in [4.78, 5) is 21.6. The molecule has 0 aliphatic heterocycles. The van der Waals surface area contributed by atoms with Crippen molar-refractivity contribution in [2.45, 2.75) is 13.3 Å². The van der Waals surface area contributed by atoms with E-state index in [9.17, 15) is 9.59 Å². The van der Waals surface area contributed by atoms with Gasteiger partial charge >= 0.3 is 11.9 Å². The highest BCUT2D eigenvalue weighted by Gasteiger charge is 2.04. The molecular weight excluding hydrogens is 256 g/mol. The van der Waals surface area contributed by atoms with Gasteiger partial charge in [-0.1, -0.05) is 37.3 Å². The molecule has 104 valence electrons. The summed E-state index contributed by atoms with van der Waals surface area (Å²) in [5.41, 5.74) is 1.62. The van der Waals surface area contributed by atoms with Crippen molar-refractivity contribution in [1.29, 1.82) is 0 Å². The third kappa shape index (κ3) is 5.35. The molecule has 4 nitrogen and oxygen atoms in total. The molecule has 0 saturated carbocycles. The molecular formula is C16H16O4. The molecule has 20 heavy (non-hydrogen) atoms. The second-order valence-electron chi connectivity index (χ2n) is 4.05. The van der Waals surface area contributed by atoms with Crippen molar-refractivity contribution in [3.05, 3.63) is 65.3 Å². The Morgan fingerprint density at radius 1 is 1.10 bits per heavy atom. The van der Waals surface area contributed by atoms with E-state index in [2.05, 4.69) is 0 Å². The minimum atomic E-state index is -1.08. The first kappa shape index (κ1) is 15.4. The van der Waals surface area contributed by atoms with Crippen molar-refractivity contribution >= 4 is 18.0 Å². The number of carboxylic acid groups (broad SMARTS) is 2.